The average Bonchev–Trinajstić information content (AvgIpc) is 2.73. The minimum atomic E-state index is -0.119. The summed E-state index contributed by atoms with van der Waals surface area (Å²) in [6.07, 6.45) is 4.97. The Labute approximate surface area is 101 Å². The van der Waals surface area contributed by atoms with Crippen molar-refractivity contribution in [2.75, 3.05) is 0 Å². The quantitative estimate of drug-likeness (QED) is 0.866. The highest BCUT2D eigenvalue weighted by atomic mass is 32.2. The van der Waals surface area contributed by atoms with E-state index in [0.29, 0.717) is 5.25 Å². The maximum Gasteiger partial charge on any atom is 0.137 e. The average molecular weight is 239 g/mol. The molecular formula is C13H18FNS. The van der Waals surface area contributed by atoms with Crippen LogP contribution in [-0.2, 0) is 0 Å². The molecule has 1 saturated carbocycles. The highest BCUT2D eigenvalue weighted by Gasteiger charge is 2.20. The highest BCUT2D eigenvalue weighted by Crippen LogP contribution is 2.38. The molecule has 0 aromatic heterocycles. The van der Waals surface area contributed by atoms with Crippen LogP contribution in [0.4, 0.5) is 4.39 Å². The molecule has 0 amide bonds. The van der Waals surface area contributed by atoms with Crippen LogP contribution in [0.15, 0.2) is 23.1 Å². The van der Waals surface area contributed by atoms with Gasteiger partial charge in [0.2, 0.25) is 0 Å². The van der Waals surface area contributed by atoms with Crippen molar-refractivity contribution in [3.8, 4) is 0 Å². The Balaban J connectivity index is 2.23. The molecule has 0 unspecified atom stereocenters. The van der Waals surface area contributed by atoms with Gasteiger partial charge in [-0.05, 0) is 31.4 Å². The van der Waals surface area contributed by atoms with Crippen molar-refractivity contribution in [3.63, 3.8) is 0 Å². The van der Waals surface area contributed by atoms with Crippen molar-refractivity contribution in [3.05, 3.63) is 29.6 Å². The van der Waals surface area contributed by atoms with E-state index in [4.69, 9.17) is 5.73 Å². The van der Waals surface area contributed by atoms with Crippen LogP contribution in [0, 0.1) is 5.82 Å². The third-order valence-electron chi connectivity index (χ3n) is 3.07. The van der Waals surface area contributed by atoms with Crippen molar-refractivity contribution in [2.24, 2.45) is 5.73 Å². The van der Waals surface area contributed by atoms with Gasteiger partial charge in [-0.2, -0.15) is 0 Å². The van der Waals surface area contributed by atoms with E-state index in [9.17, 15) is 4.39 Å². The van der Waals surface area contributed by atoms with Crippen molar-refractivity contribution < 1.29 is 4.39 Å². The van der Waals surface area contributed by atoms with Crippen LogP contribution in [0.1, 0.15) is 44.2 Å². The number of hydrogen-bond acceptors (Lipinski definition) is 2. The summed E-state index contributed by atoms with van der Waals surface area (Å²) >= 11 is 1.68. The van der Waals surface area contributed by atoms with Crippen molar-refractivity contribution in [1.82, 2.24) is 0 Å². The molecule has 0 aliphatic heterocycles. The summed E-state index contributed by atoms with van der Waals surface area (Å²) in [7, 11) is 0. The van der Waals surface area contributed by atoms with Crippen LogP contribution in [-0.4, -0.2) is 5.25 Å². The fourth-order valence-corrected chi connectivity index (χ4v) is 3.65. The molecule has 1 atom stereocenters. The zero-order valence-corrected chi connectivity index (χ0v) is 10.4. The van der Waals surface area contributed by atoms with E-state index < -0.39 is 0 Å². The third kappa shape index (κ3) is 2.58. The molecule has 0 bridgehead atoms. The third-order valence-corrected chi connectivity index (χ3v) is 4.55. The number of nitrogens with two attached hydrogens (primary N) is 1. The van der Waals surface area contributed by atoms with Gasteiger partial charge in [0, 0.05) is 16.2 Å². The lowest BCUT2D eigenvalue weighted by Gasteiger charge is -2.16. The molecule has 2 N–H and O–H groups in total. The van der Waals surface area contributed by atoms with E-state index in [1.807, 2.05) is 13.0 Å². The first-order chi connectivity index (χ1) is 7.68. The van der Waals surface area contributed by atoms with Crippen LogP contribution in [0.25, 0.3) is 0 Å². The maximum atomic E-state index is 13.8. The summed E-state index contributed by atoms with van der Waals surface area (Å²) in [5.74, 6) is -0.119. The van der Waals surface area contributed by atoms with Crippen molar-refractivity contribution in [2.45, 2.75) is 48.8 Å². The van der Waals surface area contributed by atoms with E-state index in [2.05, 4.69) is 0 Å². The lowest BCUT2D eigenvalue weighted by molar-refractivity contribution is 0.590. The molecule has 2 rings (SSSR count). The molecule has 1 aliphatic carbocycles. The highest BCUT2D eigenvalue weighted by molar-refractivity contribution is 8.00. The predicted molar refractivity (Wildman–Crippen MR) is 67.1 cm³/mol. The zero-order valence-electron chi connectivity index (χ0n) is 9.58. The second-order valence-electron chi connectivity index (χ2n) is 4.47. The fraction of sp³-hybridized carbons (Fsp3) is 0.538. The van der Waals surface area contributed by atoms with Crippen LogP contribution in [0.2, 0.25) is 0 Å². The Bertz CT molecular complexity index is 359. The summed E-state index contributed by atoms with van der Waals surface area (Å²) in [4.78, 5) is 0.768. The first-order valence-electron chi connectivity index (χ1n) is 5.89. The maximum absolute atomic E-state index is 13.8. The molecule has 1 aliphatic rings. The normalized spacial score (nSPS) is 18.9. The number of thioether (sulfide) groups is 1. The molecule has 0 saturated heterocycles. The van der Waals surface area contributed by atoms with Gasteiger partial charge in [0.25, 0.3) is 0 Å². The first kappa shape index (κ1) is 11.9. The summed E-state index contributed by atoms with van der Waals surface area (Å²) in [6.45, 7) is 1.91. The molecule has 1 fully saturated rings. The van der Waals surface area contributed by atoms with Gasteiger partial charge < -0.3 is 5.73 Å². The molecule has 16 heavy (non-hydrogen) atoms. The molecule has 1 nitrogen and oxygen atoms in total. The summed E-state index contributed by atoms with van der Waals surface area (Å²) in [5.41, 5.74) is 6.82. The molecule has 1 aromatic carbocycles. The Hall–Kier alpha value is -0.540. The Morgan fingerprint density at radius 2 is 2.06 bits per heavy atom. The zero-order chi connectivity index (χ0) is 11.5. The molecule has 0 spiro atoms. The van der Waals surface area contributed by atoms with E-state index in [0.717, 1.165) is 10.5 Å². The van der Waals surface area contributed by atoms with E-state index in [1.54, 1.807) is 17.8 Å². The van der Waals surface area contributed by atoms with Crippen molar-refractivity contribution >= 4 is 11.8 Å². The van der Waals surface area contributed by atoms with Crippen LogP contribution in [0.5, 0.6) is 0 Å². The lowest BCUT2D eigenvalue weighted by Crippen LogP contribution is -2.08. The predicted octanol–water partition coefficient (Wildman–Crippen LogP) is 3.88. The largest absolute Gasteiger partial charge is 0.324 e. The lowest BCUT2D eigenvalue weighted by atomic mass is 10.1. The second kappa shape index (κ2) is 5.19. The number of benzene rings is 1. The van der Waals surface area contributed by atoms with Gasteiger partial charge in [-0.1, -0.05) is 25.0 Å². The molecule has 1 aromatic rings. The summed E-state index contributed by atoms with van der Waals surface area (Å²) in [5, 5.41) is 0.578. The monoisotopic (exact) mass is 239 g/mol. The first-order valence-corrected chi connectivity index (χ1v) is 6.77. The minimum Gasteiger partial charge on any atom is -0.324 e. The summed E-state index contributed by atoms with van der Waals surface area (Å²) < 4.78 is 13.8. The van der Waals surface area contributed by atoms with E-state index in [-0.39, 0.29) is 11.9 Å². The smallest absolute Gasteiger partial charge is 0.137 e. The molecule has 0 heterocycles. The Kier molecular flexibility index (Phi) is 3.87. The van der Waals surface area contributed by atoms with E-state index in [1.165, 1.54) is 31.7 Å². The molecule has 3 heteroatoms. The van der Waals surface area contributed by atoms with Gasteiger partial charge in [0.15, 0.2) is 0 Å². The molecule has 88 valence electrons. The fourth-order valence-electron chi connectivity index (χ4n) is 2.18. The minimum absolute atomic E-state index is 0.0976. The van der Waals surface area contributed by atoms with Gasteiger partial charge in [-0.25, -0.2) is 4.39 Å². The number of rotatable bonds is 3. The molecule has 0 radical (unpaired) electrons. The van der Waals surface area contributed by atoms with Crippen LogP contribution in [0.3, 0.4) is 0 Å². The van der Waals surface area contributed by atoms with Crippen LogP contribution < -0.4 is 5.73 Å². The van der Waals surface area contributed by atoms with Gasteiger partial charge in [0.1, 0.15) is 5.82 Å². The molecular weight excluding hydrogens is 221 g/mol. The Morgan fingerprint density at radius 3 is 2.69 bits per heavy atom. The van der Waals surface area contributed by atoms with Gasteiger partial charge in [0.05, 0.1) is 0 Å². The van der Waals surface area contributed by atoms with Crippen molar-refractivity contribution in [1.29, 1.82) is 0 Å². The van der Waals surface area contributed by atoms with Crippen LogP contribution >= 0.6 is 11.8 Å². The van der Waals surface area contributed by atoms with Gasteiger partial charge in [-0.15, -0.1) is 11.8 Å². The topological polar surface area (TPSA) is 26.0 Å². The number of halogens is 1. The Morgan fingerprint density at radius 1 is 1.38 bits per heavy atom. The van der Waals surface area contributed by atoms with Gasteiger partial charge >= 0.3 is 0 Å². The standard InChI is InChI=1S/C13H18FNS/c1-9(15)11-7-4-8-12(14)13(11)16-10-5-2-3-6-10/h4,7-10H,2-3,5-6,15H2,1H3/t9-/m0/s1. The number of hydrogen-bond donors (Lipinski definition) is 1. The van der Waals surface area contributed by atoms with E-state index >= 15 is 0 Å². The SMILES string of the molecule is C[C@H](N)c1cccc(F)c1SC1CCCC1. The second-order valence-corrected chi connectivity index (χ2v) is 5.78. The van der Waals surface area contributed by atoms with Gasteiger partial charge in [-0.3, -0.25) is 0 Å². The summed E-state index contributed by atoms with van der Waals surface area (Å²) in [6, 6.07) is 5.11.